The highest BCUT2D eigenvalue weighted by Gasteiger charge is 2.82. The van der Waals surface area contributed by atoms with Crippen LogP contribution in [0.2, 0.25) is 10.0 Å². The first kappa shape index (κ1) is 31.3. The van der Waals surface area contributed by atoms with Crippen molar-refractivity contribution in [1.82, 2.24) is 0 Å². The molecule has 0 unspecified atom stereocenters. The Labute approximate surface area is 289 Å². The fourth-order valence-electron chi connectivity index (χ4n) is 8.43. The van der Waals surface area contributed by atoms with Crippen LogP contribution >= 0.6 is 23.2 Å². The maximum absolute atomic E-state index is 15.9. The van der Waals surface area contributed by atoms with Gasteiger partial charge in [0, 0.05) is 10.0 Å². The predicted molar refractivity (Wildman–Crippen MR) is 182 cm³/mol. The van der Waals surface area contributed by atoms with E-state index in [1.807, 2.05) is 60.7 Å². The monoisotopic (exact) mass is 693 g/mol. The molecule has 2 fully saturated rings. The minimum Gasteiger partial charge on any atom is -0.297 e. The number of hydrogen-bond acceptors (Lipinski definition) is 3. The van der Waals surface area contributed by atoms with Gasteiger partial charge in [0.25, 0.3) is 0 Å². The Morgan fingerprint density at radius 3 is 1.39 bits per heavy atom. The van der Waals surface area contributed by atoms with Crippen LogP contribution in [0.3, 0.4) is 0 Å². The first-order valence-corrected chi connectivity index (χ1v) is 16.3. The maximum Gasteiger partial charge on any atom is 0.416 e. The molecule has 2 amide bonds. The van der Waals surface area contributed by atoms with Crippen LogP contribution in [0.4, 0.5) is 18.9 Å². The van der Waals surface area contributed by atoms with Gasteiger partial charge in [-0.05, 0) is 75.9 Å². The van der Waals surface area contributed by atoms with Gasteiger partial charge in [-0.15, -0.1) is 0 Å². The van der Waals surface area contributed by atoms with Gasteiger partial charge in [-0.1, -0.05) is 114 Å². The molecule has 4 nitrogen and oxygen atoms in total. The smallest absolute Gasteiger partial charge is 0.297 e. The van der Waals surface area contributed by atoms with E-state index in [0.29, 0.717) is 43.4 Å². The number of rotatable bonds is 5. The third-order valence-electron chi connectivity index (χ3n) is 10.1. The van der Waals surface area contributed by atoms with Crippen LogP contribution in [0.1, 0.15) is 27.8 Å². The number of carbonyl (C=O) groups is 3. The molecule has 3 aliphatic rings. The van der Waals surface area contributed by atoms with Crippen molar-refractivity contribution in [3.05, 3.63) is 171 Å². The van der Waals surface area contributed by atoms with Gasteiger partial charge in [-0.2, -0.15) is 13.2 Å². The summed E-state index contributed by atoms with van der Waals surface area (Å²) in [5, 5.41) is 0.800. The van der Waals surface area contributed by atoms with Crippen molar-refractivity contribution in [1.29, 1.82) is 0 Å². The van der Waals surface area contributed by atoms with E-state index < -0.39 is 46.2 Å². The van der Waals surface area contributed by atoms with E-state index in [2.05, 4.69) is 0 Å². The molecule has 2 bridgehead atoms. The van der Waals surface area contributed by atoms with Crippen molar-refractivity contribution in [2.75, 3.05) is 4.90 Å². The van der Waals surface area contributed by atoms with Crippen LogP contribution in [0.5, 0.6) is 0 Å². The van der Waals surface area contributed by atoms with Gasteiger partial charge in [0.05, 0.1) is 33.9 Å². The Kier molecular flexibility index (Phi) is 7.04. The Morgan fingerprint density at radius 2 is 0.980 bits per heavy atom. The largest absolute Gasteiger partial charge is 0.416 e. The number of nitrogens with zero attached hydrogens (tertiary/aromatic N) is 1. The van der Waals surface area contributed by atoms with E-state index in [1.165, 1.54) is 12.1 Å². The minimum absolute atomic E-state index is 0.217. The molecule has 5 aromatic rings. The lowest BCUT2D eigenvalue weighted by molar-refractivity contribution is -0.137. The van der Waals surface area contributed by atoms with Gasteiger partial charge in [-0.3, -0.25) is 14.4 Å². The van der Waals surface area contributed by atoms with Gasteiger partial charge in [0.15, 0.2) is 5.78 Å². The molecule has 5 aromatic carbocycles. The average molecular weight is 695 g/mol. The van der Waals surface area contributed by atoms with Gasteiger partial charge in [-0.25, -0.2) is 4.90 Å². The molecule has 9 heteroatoms. The lowest BCUT2D eigenvalue weighted by Crippen LogP contribution is -2.45. The SMILES string of the molecule is O=C1[C@@H]2[C@H](C(=O)N1c1cccc(C(F)(F)F)c1)[C@@]1(c3ccc(Cl)cc3)C(=O)[C@@]2(c2ccc(Cl)cc2)C(c2ccccc2)=C1c1ccccc1. The van der Waals surface area contributed by atoms with Crippen LogP contribution in [-0.2, 0) is 31.4 Å². The van der Waals surface area contributed by atoms with Crippen molar-refractivity contribution in [3.8, 4) is 0 Å². The first-order chi connectivity index (χ1) is 23.5. The molecular weight excluding hydrogens is 670 g/mol. The number of anilines is 1. The fraction of sp³-hybridized carbons (Fsp3) is 0.125. The number of benzene rings is 5. The summed E-state index contributed by atoms with van der Waals surface area (Å²) < 4.78 is 41.7. The van der Waals surface area contributed by atoms with Crippen molar-refractivity contribution in [2.24, 2.45) is 11.8 Å². The molecule has 2 aliphatic carbocycles. The topological polar surface area (TPSA) is 54.5 Å². The van der Waals surface area contributed by atoms with E-state index in [0.717, 1.165) is 17.0 Å². The maximum atomic E-state index is 15.9. The third-order valence-corrected chi connectivity index (χ3v) is 10.7. The number of imide groups is 1. The minimum atomic E-state index is -4.72. The van der Waals surface area contributed by atoms with Crippen molar-refractivity contribution >= 4 is 57.6 Å². The zero-order chi connectivity index (χ0) is 34.3. The molecule has 1 heterocycles. The van der Waals surface area contributed by atoms with E-state index in [1.54, 1.807) is 48.5 Å². The second-order valence-electron chi connectivity index (χ2n) is 12.5. The zero-order valence-corrected chi connectivity index (χ0v) is 26.9. The molecule has 1 saturated heterocycles. The summed E-state index contributed by atoms with van der Waals surface area (Å²) in [5.74, 6) is -4.49. The molecule has 8 rings (SSSR count). The Hall–Kier alpha value is -4.98. The van der Waals surface area contributed by atoms with Crippen LogP contribution in [0, 0.1) is 11.8 Å². The third kappa shape index (κ3) is 4.22. The highest BCUT2D eigenvalue weighted by molar-refractivity contribution is 6.39. The van der Waals surface area contributed by atoms with Crippen LogP contribution in [0.25, 0.3) is 11.1 Å². The highest BCUT2D eigenvalue weighted by atomic mass is 35.5. The molecule has 0 N–H and O–H groups in total. The number of fused-ring (bicyclic) bond motifs is 5. The number of Topliss-reactive ketones (excluding diaryl/α,β-unsaturated/α-hetero) is 1. The van der Waals surface area contributed by atoms with E-state index >= 15 is 4.79 Å². The zero-order valence-electron chi connectivity index (χ0n) is 25.4. The lowest BCUT2D eigenvalue weighted by Gasteiger charge is -2.39. The Morgan fingerprint density at radius 1 is 0.551 bits per heavy atom. The van der Waals surface area contributed by atoms with Crippen molar-refractivity contribution in [3.63, 3.8) is 0 Å². The molecule has 49 heavy (non-hydrogen) atoms. The second-order valence-corrected chi connectivity index (χ2v) is 13.3. The summed E-state index contributed by atoms with van der Waals surface area (Å²) in [6.07, 6.45) is -4.72. The number of ketones is 1. The number of hydrogen-bond donors (Lipinski definition) is 0. The molecule has 242 valence electrons. The second kappa shape index (κ2) is 11.0. The van der Waals surface area contributed by atoms with Crippen LogP contribution in [-0.4, -0.2) is 17.6 Å². The predicted octanol–water partition coefficient (Wildman–Crippen LogP) is 9.20. The molecule has 0 aromatic heterocycles. The van der Waals surface area contributed by atoms with Gasteiger partial charge in [0.2, 0.25) is 11.8 Å². The summed E-state index contributed by atoms with van der Waals surface area (Å²) in [6.45, 7) is 0. The number of carbonyl (C=O) groups excluding carboxylic acids is 3. The summed E-state index contributed by atoms with van der Waals surface area (Å²) in [5.41, 5.74) is -1.36. The van der Waals surface area contributed by atoms with E-state index in [4.69, 9.17) is 23.2 Å². The summed E-state index contributed by atoms with van der Waals surface area (Å²) >= 11 is 12.7. The number of amides is 2. The van der Waals surface area contributed by atoms with Crippen LogP contribution in [0.15, 0.2) is 133 Å². The first-order valence-electron chi connectivity index (χ1n) is 15.5. The van der Waals surface area contributed by atoms with Crippen LogP contribution < -0.4 is 4.90 Å². The standard InChI is InChI=1S/C40H24Cl2F3NO3/c41-28-18-14-25(15-19-28)38-31(23-8-3-1-4-9-23)32(24-10-5-2-6-11-24)39(37(38)49,26-16-20-29(42)21-17-26)34-33(38)35(47)46(36(34)48)30-13-7-12-27(22-30)40(43,44)45/h1-22,33-34H/t33-,34+,38-,39-/m0/s1. The number of alkyl halides is 3. The highest BCUT2D eigenvalue weighted by Crippen LogP contribution is 2.74. The lowest BCUT2D eigenvalue weighted by atomic mass is 9.59. The fourth-order valence-corrected chi connectivity index (χ4v) is 8.69. The normalized spacial score (nSPS) is 24.6. The molecule has 0 radical (unpaired) electrons. The summed E-state index contributed by atoms with van der Waals surface area (Å²) in [6, 6.07) is 35.9. The van der Waals surface area contributed by atoms with Gasteiger partial charge >= 0.3 is 6.18 Å². The van der Waals surface area contributed by atoms with Gasteiger partial charge < -0.3 is 0 Å². The molecule has 0 spiro atoms. The summed E-state index contributed by atoms with van der Waals surface area (Å²) in [4.78, 5) is 46.7. The molecular formula is C40H24Cl2F3NO3. The van der Waals surface area contributed by atoms with Crippen molar-refractivity contribution in [2.45, 2.75) is 17.0 Å². The van der Waals surface area contributed by atoms with E-state index in [9.17, 15) is 22.8 Å². The van der Waals surface area contributed by atoms with Gasteiger partial charge in [0.1, 0.15) is 0 Å². The quantitative estimate of drug-likeness (QED) is 0.173. The molecule has 1 aliphatic heterocycles. The number of halogens is 5. The Bertz CT molecular complexity index is 2080. The van der Waals surface area contributed by atoms with Crippen molar-refractivity contribution < 1.29 is 27.6 Å². The van der Waals surface area contributed by atoms with E-state index in [-0.39, 0.29) is 11.5 Å². The molecule has 4 atom stereocenters. The Balaban J connectivity index is 1.53. The molecule has 1 saturated carbocycles. The number of allylic oxidation sites excluding steroid dienone is 2. The average Bonchev–Trinajstić information content (AvgIpc) is 3.61. The summed E-state index contributed by atoms with van der Waals surface area (Å²) in [7, 11) is 0.